The van der Waals surface area contributed by atoms with Gasteiger partial charge >= 0.3 is 0 Å². The van der Waals surface area contributed by atoms with Gasteiger partial charge in [0.2, 0.25) is 5.91 Å². The van der Waals surface area contributed by atoms with E-state index in [2.05, 4.69) is 10.4 Å². The highest BCUT2D eigenvalue weighted by atomic mass is 16.5. The summed E-state index contributed by atoms with van der Waals surface area (Å²) in [6, 6.07) is 17.0. The molecular weight excluding hydrogens is 392 g/mol. The molecule has 2 amide bonds. The SMILES string of the molecule is COc1ccccc1N1C(=O)c2cc(C)nn2C[C@@]1(C)C(=O)NCc1ccc(C)cc1. The van der Waals surface area contributed by atoms with Gasteiger partial charge in [-0.25, -0.2) is 0 Å². The molecule has 0 aliphatic carbocycles. The molecule has 1 N–H and O–H groups in total. The van der Waals surface area contributed by atoms with E-state index in [9.17, 15) is 9.59 Å². The van der Waals surface area contributed by atoms with E-state index in [1.54, 1.807) is 36.9 Å². The Balaban J connectivity index is 1.73. The Morgan fingerprint density at radius 2 is 1.87 bits per heavy atom. The monoisotopic (exact) mass is 418 g/mol. The van der Waals surface area contributed by atoms with Gasteiger partial charge in [-0.05, 0) is 44.5 Å². The van der Waals surface area contributed by atoms with Crippen molar-refractivity contribution >= 4 is 17.5 Å². The molecule has 2 aromatic carbocycles. The Bertz CT molecular complexity index is 1140. The molecule has 1 atom stereocenters. The van der Waals surface area contributed by atoms with Crippen LogP contribution in [0.25, 0.3) is 0 Å². The second-order valence-electron chi connectivity index (χ2n) is 8.08. The highest BCUT2D eigenvalue weighted by Crippen LogP contribution is 2.38. The summed E-state index contributed by atoms with van der Waals surface area (Å²) in [6.45, 7) is 6.22. The molecule has 1 aliphatic rings. The molecule has 0 unspecified atom stereocenters. The number of amides is 2. The van der Waals surface area contributed by atoms with E-state index in [-0.39, 0.29) is 18.4 Å². The van der Waals surface area contributed by atoms with Gasteiger partial charge in [-0.1, -0.05) is 42.0 Å². The van der Waals surface area contributed by atoms with Gasteiger partial charge in [-0.2, -0.15) is 5.10 Å². The van der Waals surface area contributed by atoms with E-state index in [0.29, 0.717) is 23.7 Å². The maximum absolute atomic E-state index is 13.6. The third kappa shape index (κ3) is 3.67. The summed E-state index contributed by atoms with van der Waals surface area (Å²) in [5.74, 6) is -0.0198. The first-order chi connectivity index (χ1) is 14.8. The summed E-state index contributed by atoms with van der Waals surface area (Å²) in [6.07, 6.45) is 0. The average molecular weight is 418 g/mol. The fourth-order valence-electron chi connectivity index (χ4n) is 3.98. The van der Waals surface area contributed by atoms with Crippen LogP contribution in [0.4, 0.5) is 5.69 Å². The summed E-state index contributed by atoms with van der Waals surface area (Å²) < 4.78 is 7.13. The lowest BCUT2D eigenvalue weighted by molar-refractivity contribution is -0.126. The first-order valence-electron chi connectivity index (χ1n) is 10.2. The Morgan fingerprint density at radius 3 is 2.58 bits per heavy atom. The average Bonchev–Trinajstić information content (AvgIpc) is 3.13. The van der Waals surface area contributed by atoms with Gasteiger partial charge in [0.05, 0.1) is 25.0 Å². The number of aryl methyl sites for hydroxylation is 2. The van der Waals surface area contributed by atoms with Gasteiger partial charge in [0.15, 0.2) is 0 Å². The van der Waals surface area contributed by atoms with Gasteiger partial charge in [-0.3, -0.25) is 19.2 Å². The van der Waals surface area contributed by atoms with Crippen molar-refractivity contribution in [1.82, 2.24) is 15.1 Å². The lowest BCUT2D eigenvalue weighted by Crippen LogP contribution is -2.64. The summed E-state index contributed by atoms with van der Waals surface area (Å²) in [7, 11) is 1.55. The fourth-order valence-corrected chi connectivity index (χ4v) is 3.98. The number of hydrogen-bond donors (Lipinski definition) is 1. The van der Waals surface area contributed by atoms with Crippen molar-refractivity contribution in [3.8, 4) is 5.75 Å². The van der Waals surface area contributed by atoms with E-state index in [1.165, 1.54) is 4.90 Å². The smallest absolute Gasteiger partial charge is 0.277 e. The molecule has 1 aromatic heterocycles. The van der Waals surface area contributed by atoms with Crippen molar-refractivity contribution < 1.29 is 14.3 Å². The predicted octanol–water partition coefficient (Wildman–Crippen LogP) is 3.24. The van der Waals surface area contributed by atoms with E-state index in [0.717, 1.165) is 16.8 Å². The van der Waals surface area contributed by atoms with Crippen molar-refractivity contribution in [1.29, 1.82) is 0 Å². The van der Waals surface area contributed by atoms with Crippen LogP contribution in [0.5, 0.6) is 5.75 Å². The number of carbonyl (C=O) groups excluding carboxylic acids is 2. The number of nitrogens with one attached hydrogen (secondary N) is 1. The number of anilines is 1. The van der Waals surface area contributed by atoms with Gasteiger partial charge in [0, 0.05) is 6.54 Å². The topological polar surface area (TPSA) is 76.5 Å². The maximum atomic E-state index is 13.6. The van der Waals surface area contributed by atoms with Crippen LogP contribution in [0.2, 0.25) is 0 Å². The summed E-state index contributed by atoms with van der Waals surface area (Å²) >= 11 is 0. The Hall–Kier alpha value is -3.61. The number of ether oxygens (including phenoxy) is 1. The van der Waals surface area contributed by atoms with Crippen LogP contribution in [0.15, 0.2) is 54.6 Å². The van der Waals surface area contributed by atoms with Crippen LogP contribution < -0.4 is 15.0 Å². The van der Waals surface area contributed by atoms with Crippen LogP contribution in [-0.4, -0.2) is 34.2 Å². The van der Waals surface area contributed by atoms with E-state index >= 15 is 0 Å². The summed E-state index contributed by atoms with van der Waals surface area (Å²) in [5.41, 5.74) is 2.68. The molecule has 2 heterocycles. The number of rotatable bonds is 5. The first kappa shape index (κ1) is 20.7. The molecular formula is C24H26N4O3. The molecule has 160 valence electrons. The van der Waals surface area contributed by atoms with Gasteiger partial charge in [-0.15, -0.1) is 0 Å². The zero-order chi connectivity index (χ0) is 22.2. The molecule has 7 heteroatoms. The quantitative estimate of drug-likeness (QED) is 0.690. The standard InChI is InChI=1S/C24H26N4O3/c1-16-9-11-18(12-10-16)14-25-23(30)24(3)15-27-20(13-17(2)26-27)22(29)28(24)19-7-5-6-8-21(19)31-4/h5-13H,14-15H2,1-4H3,(H,25,30)/t24-/m0/s1. The molecule has 0 saturated heterocycles. The van der Waals surface area contributed by atoms with Gasteiger partial charge in [0.1, 0.15) is 17.0 Å². The minimum absolute atomic E-state index is 0.236. The molecule has 7 nitrogen and oxygen atoms in total. The predicted molar refractivity (Wildman–Crippen MR) is 118 cm³/mol. The Kier molecular flexibility index (Phi) is 5.27. The third-order valence-electron chi connectivity index (χ3n) is 5.66. The van der Waals surface area contributed by atoms with Crippen LogP contribution in [0, 0.1) is 13.8 Å². The highest BCUT2D eigenvalue weighted by Gasteiger charge is 2.49. The fraction of sp³-hybridized carbons (Fsp3) is 0.292. The normalized spacial score (nSPS) is 17.9. The molecule has 4 rings (SSSR count). The Morgan fingerprint density at radius 1 is 1.16 bits per heavy atom. The number of fused-ring (bicyclic) bond motifs is 1. The van der Waals surface area contributed by atoms with E-state index in [4.69, 9.17) is 4.74 Å². The second-order valence-corrected chi connectivity index (χ2v) is 8.08. The van der Waals surface area contributed by atoms with Crippen LogP contribution in [0.1, 0.15) is 34.2 Å². The molecule has 0 bridgehead atoms. The van der Waals surface area contributed by atoms with Crippen LogP contribution >= 0.6 is 0 Å². The number of aromatic nitrogens is 2. The number of carbonyl (C=O) groups is 2. The van der Waals surface area contributed by atoms with E-state index in [1.807, 2.05) is 50.2 Å². The molecule has 31 heavy (non-hydrogen) atoms. The minimum atomic E-state index is -1.19. The number of nitrogens with zero attached hydrogens (tertiary/aromatic N) is 3. The van der Waals surface area contributed by atoms with Crippen molar-refractivity contribution in [2.24, 2.45) is 0 Å². The molecule has 0 fully saturated rings. The molecule has 3 aromatic rings. The number of hydrogen-bond acceptors (Lipinski definition) is 4. The van der Waals surface area contributed by atoms with Crippen molar-refractivity contribution in [3.63, 3.8) is 0 Å². The van der Waals surface area contributed by atoms with Crippen LogP contribution in [0.3, 0.4) is 0 Å². The van der Waals surface area contributed by atoms with Gasteiger partial charge < -0.3 is 10.1 Å². The minimum Gasteiger partial charge on any atom is -0.495 e. The number of benzene rings is 2. The molecule has 0 radical (unpaired) electrons. The number of para-hydroxylation sites is 2. The van der Waals surface area contributed by atoms with Crippen molar-refractivity contribution in [3.05, 3.63) is 77.1 Å². The lowest BCUT2D eigenvalue weighted by atomic mass is 9.93. The largest absolute Gasteiger partial charge is 0.495 e. The molecule has 0 saturated carbocycles. The lowest BCUT2D eigenvalue weighted by Gasteiger charge is -2.43. The number of methoxy groups -OCH3 is 1. The van der Waals surface area contributed by atoms with Crippen molar-refractivity contribution in [2.75, 3.05) is 12.0 Å². The van der Waals surface area contributed by atoms with Crippen LogP contribution in [-0.2, 0) is 17.9 Å². The Labute approximate surface area is 181 Å². The van der Waals surface area contributed by atoms with Gasteiger partial charge in [0.25, 0.3) is 5.91 Å². The third-order valence-corrected chi connectivity index (χ3v) is 5.66. The zero-order valence-corrected chi connectivity index (χ0v) is 18.2. The second kappa shape index (κ2) is 7.91. The van der Waals surface area contributed by atoms with Crippen molar-refractivity contribution in [2.45, 2.75) is 39.4 Å². The highest BCUT2D eigenvalue weighted by molar-refractivity contribution is 6.12. The maximum Gasteiger partial charge on any atom is 0.277 e. The molecule has 0 spiro atoms. The first-order valence-corrected chi connectivity index (χ1v) is 10.2. The summed E-state index contributed by atoms with van der Waals surface area (Å²) in [5, 5.41) is 7.45. The molecule has 1 aliphatic heterocycles. The van der Waals surface area contributed by atoms with E-state index < -0.39 is 5.54 Å². The summed E-state index contributed by atoms with van der Waals surface area (Å²) in [4.78, 5) is 28.6. The zero-order valence-electron chi connectivity index (χ0n) is 18.2.